The summed E-state index contributed by atoms with van der Waals surface area (Å²) >= 11 is 0. The van der Waals surface area contributed by atoms with Gasteiger partial charge in [-0.05, 0) is 58.7 Å². The van der Waals surface area contributed by atoms with E-state index < -0.39 is 0 Å². The highest BCUT2D eigenvalue weighted by Crippen LogP contribution is 2.23. The monoisotopic (exact) mass is 322 g/mol. The number of aromatic nitrogens is 2. The molecule has 0 bridgehead atoms. The summed E-state index contributed by atoms with van der Waals surface area (Å²) in [5.74, 6) is 2.25. The second-order valence-corrected chi connectivity index (χ2v) is 7.24. The van der Waals surface area contributed by atoms with Gasteiger partial charge < -0.3 is 9.15 Å². The van der Waals surface area contributed by atoms with Crippen molar-refractivity contribution in [3.8, 4) is 0 Å². The first kappa shape index (κ1) is 16.9. The van der Waals surface area contributed by atoms with Crippen LogP contribution in [0.25, 0.3) is 0 Å². The lowest BCUT2D eigenvalue weighted by Gasteiger charge is -2.37. The van der Waals surface area contributed by atoms with E-state index in [0.29, 0.717) is 18.1 Å². The predicted octanol–water partition coefficient (Wildman–Crippen LogP) is 2.09. The number of hydrogen-bond acceptors (Lipinski definition) is 6. The van der Waals surface area contributed by atoms with Crippen molar-refractivity contribution in [1.29, 1.82) is 0 Å². The third-order valence-corrected chi connectivity index (χ3v) is 4.98. The van der Waals surface area contributed by atoms with Gasteiger partial charge in [-0.3, -0.25) is 9.80 Å². The normalized spacial score (nSPS) is 28.3. The van der Waals surface area contributed by atoms with Crippen LogP contribution in [-0.2, 0) is 11.3 Å². The molecule has 2 fully saturated rings. The highest BCUT2D eigenvalue weighted by molar-refractivity contribution is 4.82. The summed E-state index contributed by atoms with van der Waals surface area (Å²) in [4.78, 5) is 5.01. The van der Waals surface area contributed by atoms with Gasteiger partial charge in [-0.2, -0.15) is 0 Å². The maximum absolute atomic E-state index is 5.81. The maximum Gasteiger partial charge on any atom is 0.230 e. The van der Waals surface area contributed by atoms with E-state index in [9.17, 15) is 0 Å². The molecule has 0 radical (unpaired) electrons. The van der Waals surface area contributed by atoms with Crippen LogP contribution in [0.5, 0.6) is 0 Å². The van der Waals surface area contributed by atoms with Gasteiger partial charge in [0, 0.05) is 20.0 Å². The van der Waals surface area contributed by atoms with Crippen LogP contribution >= 0.6 is 0 Å². The molecule has 0 spiro atoms. The van der Waals surface area contributed by atoms with E-state index in [1.165, 1.54) is 25.8 Å². The third-order valence-electron chi connectivity index (χ3n) is 4.98. The van der Waals surface area contributed by atoms with Crippen LogP contribution in [0.1, 0.15) is 44.9 Å². The summed E-state index contributed by atoms with van der Waals surface area (Å²) < 4.78 is 11.3. The van der Waals surface area contributed by atoms with Crippen LogP contribution < -0.4 is 0 Å². The SMILES string of the molecule is Cc1nnc(CN2CCC(CCN3C[C@@H](C)O[C@H](C)C3)CC2)o1. The molecule has 2 saturated heterocycles. The number of piperidine rings is 1. The van der Waals surface area contributed by atoms with Gasteiger partial charge in [-0.25, -0.2) is 0 Å². The first-order valence-electron chi connectivity index (χ1n) is 8.97. The van der Waals surface area contributed by atoms with Crippen LogP contribution in [0.3, 0.4) is 0 Å². The zero-order valence-electron chi connectivity index (χ0n) is 14.7. The second kappa shape index (κ2) is 7.73. The minimum Gasteiger partial charge on any atom is -0.424 e. The molecule has 2 aliphatic rings. The Hall–Kier alpha value is -0.980. The minimum atomic E-state index is 0.374. The van der Waals surface area contributed by atoms with Gasteiger partial charge in [0.05, 0.1) is 18.8 Å². The van der Waals surface area contributed by atoms with Crippen LogP contribution in [0.2, 0.25) is 0 Å². The van der Waals surface area contributed by atoms with Crippen LogP contribution in [0, 0.1) is 12.8 Å². The van der Waals surface area contributed by atoms with Crippen molar-refractivity contribution in [3.05, 3.63) is 11.8 Å². The van der Waals surface area contributed by atoms with E-state index in [1.54, 1.807) is 0 Å². The smallest absolute Gasteiger partial charge is 0.230 e. The number of rotatable bonds is 5. The highest BCUT2D eigenvalue weighted by atomic mass is 16.5. The number of aryl methyl sites for hydroxylation is 1. The Labute approximate surface area is 139 Å². The fourth-order valence-corrected chi connectivity index (χ4v) is 3.86. The molecule has 1 aromatic heterocycles. The van der Waals surface area contributed by atoms with E-state index in [4.69, 9.17) is 9.15 Å². The molecule has 130 valence electrons. The molecular weight excluding hydrogens is 292 g/mol. The summed E-state index contributed by atoms with van der Waals surface area (Å²) in [6, 6.07) is 0. The van der Waals surface area contributed by atoms with Crippen molar-refractivity contribution in [2.75, 3.05) is 32.7 Å². The van der Waals surface area contributed by atoms with Gasteiger partial charge in [0.25, 0.3) is 0 Å². The molecule has 1 aromatic rings. The van der Waals surface area contributed by atoms with Crippen LogP contribution in [0.4, 0.5) is 0 Å². The number of hydrogen-bond donors (Lipinski definition) is 0. The molecule has 0 aromatic carbocycles. The maximum atomic E-state index is 5.81. The first-order chi connectivity index (χ1) is 11.1. The van der Waals surface area contributed by atoms with Gasteiger partial charge in [0.1, 0.15) is 0 Å². The third kappa shape index (κ3) is 4.99. The minimum absolute atomic E-state index is 0.374. The van der Waals surface area contributed by atoms with E-state index >= 15 is 0 Å². The average molecular weight is 322 g/mol. The van der Waals surface area contributed by atoms with Crippen molar-refractivity contribution in [1.82, 2.24) is 20.0 Å². The zero-order valence-corrected chi connectivity index (χ0v) is 14.7. The molecule has 0 saturated carbocycles. The molecule has 2 aliphatic heterocycles. The molecule has 0 N–H and O–H groups in total. The molecular formula is C17H30N4O2. The summed E-state index contributed by atoms with van der Waals surface area (Å²) in [6.45, 7) is 12.7. The standard InChI is InChI=1S/C17H30N4O2/c1-13-10-21(11-14(2)22-13)9-6-16-4-7-20(8-5-16)12-17-19-18-15(3)23-17/h13-14,16H,4-12H2,1-3H3/t13-,14-/m1/s1. The highest BCUT2D eigenvalue weighted by Gasteiger charge is 2.24. The van der Waals surface area contributed by atoms with Crippen molar-refractivity contribution in [3.63, 3.8) is 0 Å². The lowest BCUT2D eigenvalue weighted by molar-refractivity contribution is -0.0693. The topological polar surface area (TPSA) is 54.6 Å². The molecule has 2 atom stereocenters. The number of ether oxygens (including phenoxy) is 1. The van der Waals surface area contributed by atoms with Crippen molar-refractivity contribution >= 4 is 0 Å². The first-order valence-corrected chi connectivity index (χ1v) is 8.97. The molecule has 6 nitrogen and oxygen atoms in total. The lowest BCUT2D eigenvalue weighted by atomic mass is 9.93. The Morgan fingerprint density at radius 1 is 1.04 bits per heavy atom. The van der Waals surface area contributed by atoms with E-state index in [-0.39, 0.29) is 0 Å². The predicted molar refractivity (Wildman–Crippen MR) is 88.1 cm³/mol. The van der Waals surface area contributed by atoms with Crippen molar-refractivity contribution < 1.29 is 9.15 Å². The Morgan fingerprint density at radius 3 is 2.35 bits per heavy atom. The number of morpholine rings is 1. The van der Waals surface area contributed by atoms with E-state index in [1.807, 2.05) is 6.92 Å². The van der Waals surface area contributed by atoms with E-state index in [2.05, 4.69) is 33.8 Å². The second-order valence-electron chi connectivity index (χ2n) is 7.24. The Balaban J connectivity index is 1.36. The number of likely N-dealkylation sites (tertiary alicyclic amines) is 1. The van der Waals surface area contributed by atoms with Gasteiger partial charge in [0.15, 0.2) is 0 Å². The molecule has 0 amide bonds. The van der Waals surface area contributed by atoms with Crippen molar-refractivity contribution in [2.45, 2.75) is 58.8 Å². The molecule has 3 rings (SSSR count). The quantitative estimate of drug-likeness (QED) is 0.827. The van der Waals surface area contributed by atoms with Gasteiger partial charge in [-0.1, -0.05) is 0 Å². The summed E-state index contributed by atoms with van der Waals surface area (Å²) in [7, 11) is 0. The molecule has 0 unspecified atom stereocenters. The summed E-state index contributed by atoms with van der Waals surface area (Å²) in [5.41, 5.74) is 0. The summed E-state index contributed by atoms with van der Waals surface area (Å²) in [6.07, 6.45) is 4.62. The molecule has 6 heteroatoms. The van der Waals surface area contributed by atoms with Gasteiger partial charge in [0.2, 0.25) is 11.8 Å². The van der Waals surface area contributed by atoms with Crippen molar-refractivity contribution in [2.24, 2.45) is 5.92 Å². The fourth-order valence-electron chi connectivity index (χ4n) is 3.86. The average Bonchev–Trinajstić information content (AvgIpc) is 2.91. The largest absolute Gasteiger partial charge is 0.424 e. The summed E-state index contributed by atoms with van der Waals surface area (Å²) in [5, 5.41) is 8.00. The van der Waals surface area contributed by atoms with E-state index in [0.717, 1.165) is 44.5 Å². The Kier molecular flexibility index (Phi) is 5.67. The van der Waals surface area contributed by atoms with Gasteiger partial charge >= 0.3 is 0 Å². The van der Waals surface area contributed by atoms with Gasteiger partial charge in [-0.15, -0.1) is 10.2 Å². The number of nitrogens with zero attached hydrogens (tertiary/aromatic N) is 4. The fraction of sp³-hybridized carbons (Fsp3) is 0.882. The molecule has 3 heterocycles. The zero-order chi connectivity index (χ0) is 16.2. The Bertz CT molecular complexity index is 475. The molecule has 0 aliphatic carbocycles. The van der Waals surface area contributed by atoms with Crippen LogP contribution in [0.15, 0.2) is 4.42 Å². The van der Waals surface area contributed by atoms with Crippen LogP contribution in [-0.4, -0.2) is 64.9 Å². The Morgan fingerprint density at radius 2 is 1.74 bits per heavy atom. The lowest BCUT2D eigenvalue weighted by Crippen LogP contribution is -2.46. The molecule has 23 heavy (non-hydrogen) atoms.